The second kappa shape index (κ2) is 4.80. The second-order valence-corrected chi connectivity index (χ2v) is 3.25. The number of carbonyl (C=O) groups excluding carboxylic acids is 1. The minimum atomic E-state index is 0.0755. The molecule has 1 heteroatoms. The third kappa shape index (κ3) is 2.41. The maximum atomic E-state index is 10.7. The van der Waals surface area contributed by atoms with Crippen molar-refractivity contribution < 1.29 is 4.79 Å². The molecule has 0 aliphatic rings. The summed E-state index contributed by atoms with van der Waals surface area (Å²) in [6, 6.07) is 8.28. The van der Waals surface area contributed by atoms with Crippen LogP contribution in [-0.4, -0.2) is 6.29 Å². The van der Waals surface area contributed by atoms with Crippen molar-refractivity contribution >= 4 is 6.29 Å². The molecular formula is C12H16O. The molecule has 0 aliphatic heterocycles. The molecule has 0 heterocycles. The van der Waals surface area contributed by atoms with Crippen molar-refractivity contribution in [3.05, 3.63) is 35.4 Å². The Morgan fingerprint density at radius 1 is 1.38 bits per heavy atom. The van der Waals surface area contributed by atoms with Crippen LogP contribution in [0.2, 0.25) is 0 Å². The van der Waals surface area contributed by atoms with Crippen LogP contribution in [0.5, 0.6) is 0 Å². The lowest BCUT2D eigenvalue weighted by Crippen LogP contribution is -1.98. The maximum Gasteiger partial charge on any atom is 0.127 e. The number of hydrogen-bond donors (Lipinski definition) is 0. The molecule has 1 unspecified atom stereocenters. The average molecular weight is 176 g/mol. The van der Waals surface area contributed by atoms with Crippen LogP contribution in [0.3, 0.4) is 0 Å². The number of benzene rings is 1. The summed E-state index contributed by atoms with van der Waals surface area (Å²) in [6.45, 7) is 4.17. The van der Waals surface area contributed by atoms with E-state index >= 15 is 0 Å². The SMILES string of the molecule is CCc1cccc(C(C=O)CC)c1. The lowest BCUT2D eigenvalue weighted by Gasteiger charge is -2.08. The van der Waals surface area contributed by atoms with Crippen molar-refractivity contribution in [1.29, 1.82) is 0 Å². The Morgan fingerprint density at radius 3 is 2.69 bits per heavy atom. The highest BCUT2D eigenvalue weighted by molar-refractivity contribution is 5.62. The fourth-order valence-electron chi connectivity index (χ4n) is 1.45. The summed E-state index contributed by atoms with van der Waals surface area (Å²) in [5.41, 5.74) is 2.45. The number of aryl methyl sites for hydroxylation is 1. The molecule has 1 aromatic rings. The van der Waals surface area contributed by atoms with Crippen molar-refractivity contribution in [3.63, 3.8) is 0 Å². The van der Waals surface area contributed by atoms with E-state index in [1.54, 1.807) is 0 Å². The molecule has 0 spiro atoms. The molecule has 1 aromatic carbocycles. The molecule has 0 N–H and O–H groups in total. The van der Waals surface area contributed by atoms with Crippen LogP contribution in [0.1, 0.15) is 37.3 Å². The van der Waals surface area contributed by atoms with Crippen LogP contribution in [0.15, 0.2) is 24.3 Å². The van der Waals surface area contributed by atoms with Gasteiger partial charge in [-0.05, 0) is 24.0 Å². The van der Waals surface area contributed by atoms with E-state index in [0.29, 0.717) is 0 Å². The highest BCUT2D eigenvalue weighted by Gasteiger charge is 2.06. The van der Waals surface area contributed by atoms with E-state index in [1.165, 1.54) is 5.56 Å². The minimum absolute atomic E-state index is 0.0755. The lowest BCUT2D eigenvalue weighted by atomic mass is 9.96. The Bertz CT molecular complexity index is 278. The molecule has 1 rings (SSSR count). The van der Waals surface area contributed by atoms with E-state index in [1.807, 2.05) is 19.1 Å². The van der Waals surface area contributed by atoms with Crippen LogP contribution in [0.4, 0.5) is 0 Å². The van der Waals surface area contributed by atoms with Crippen molar-refractivity contribution in [2.45, 2.75) is 32.6 Å². The largest absolute Gasteiger partial charge is 0.303 e. The van der Waals surface area contributed by atoms with Crippen molar-refractivity contribution in [2.75, 3.05) is 0 Å². The zero-order valence-electron chi connectivity index (χ0n) is 8.29. The number of hydrogen-bond acceptors (Lipinski definition) is 1. The van der Waals surface area contributed by atoms with Crippen molar-refractivity contribution in [2.24, 2.45) is 0 Å². The molecule has 0 radical (unpaired) electrons. The molecule has 0 saturated heterocycles. The van der Waals surface area contributed by atoms with Gasteiger partial charge in [0.1, 0.15) is 6.29 Å². The molecule has 0 bridgehead atoms. The first-order valence-corrected chi connectivity index (χ1v) is 4.86. The summed E-state index contributed by atoms with van der Waals surface area (Å²) in [4.78, 5) is 10.7. The Morgan fingerprint density at radius 2 is 2.15 bits per heavy atom. The molecule has 0 amide bonds. The van der Waals surface area contributed by atoms with E-state index < -0.39 is 0 Å². The first-order chi connectivity index (χ1) is 6.31. The highest BCUT2D eigenvalue weighted by atomic mass is 16.1. The van der Waals surface area contributed by atoms with Crippen molar-refractivity contribution in [3.8, 4) is 0 Å². The first kappa shape index (κ1) is 9.97. The predicted octanol–water partition coefficient (Wildman–Crippen LogP) is 2.94. The van der Waals surface area contributed by atoms with Crippen molar-refractivity contribution in [1.82, 2.24) is 0 Å². The summed E-state index contributed by atoms with van der Waals surface area (Å²) in [5.74, 6) is 0.0755. The second-order valence-electron chi connectivity index (χ2n) is 3.25. The van der Waals surface area contributed by atoms with Gasteiger partial charge in [0.05, 0.1) is 0 Å². The van der Waals surface area contributed by atoms with Gasteiger partial charge in [-0.2, -0.15) is 0 Å². The Labute approximate surface area is 79.8 Å². The topological polar surface area (TPSA) is 17.1 Å². The van der Waals surface area contributed by atoms with E-state index in [9.17, 15) is 4.79 Å². The van der Waals surface area contributed by atoms with Gasteiger partial charge in [-0.15, -0.1) is 0 Å². The fourth-order valence-corrected chi connectivity index (χ4v) is 1.45. The quantitative estimate of drug-likeness (QED) is 0.645. The minimum Gasteiger partial charge on any atom is -0.303 e. The Hall–Kier alpha value is -1.11. The van der Waals surface area contributed by atoms with Gasteiger partial charge in [-0.3, -0.25) is 0 Å². The normalized spacial score (nSPS) is 12.5. The van der Waals surface area contributed by atoms with Crippen LogP contribution < -0.4 is 0 Å². The number of rotatable bonds is 4. The molecule has 13 heavy (non-hydrogen) atoms. The number of carbonyl (C=O) groups is 1. The Kier molecular flexibility index (Phi) is 3.69. The van der Waals surface area contributed by atoms with Crippen LogP contribution in [-0.2, 0) is 11.2 Å². The molecule has 1 nitrogen and oxygen atoms in total. The van der Waals surface area contributed by atoms with Gasteiger partial charge in [0.15, 0.2) is 0 Å². The lowest BCUT2D eigenvalue weighted by molar-refractivity contribution is -0.109. The molecule has 0 saturated carbocycles. The predicted molar refractivity (Wildman–Crippen MR) is 54.9 cm³/mol. The van der Waals surface area contributed by atoms with Gasteiger partial charge in [0, 0.05) is 5.92 Å². The van der Waals surface area contributed by atoms with Gasteiger partial charge in [-0.25, -0.2) is 0 Å². The number of aldehydes is 1. The van der Waals surface area contributed by atoms with Crippen LogP contribution in [0, 0.1) is 0 Å². The molecule has 70 valence electrons. The molecular weight excluding hydrogens is 160 g/mol. The highest BCUT2D eigenvalue weighted by Crippen LogP contribution is 2.18. The summed E-state index contributed by atoms with van der Waals surface area (Å²) in [6.07, 6.45) is 2.95. The van der Waals surface area contributed by atoms with E-state index in [0.717, 1.165) is 24.7 Å². The van der Waals surface area contributed by atoms with E-state index in [-0.39, 0.29) is 5.92 Å². The molecule has 0 aliphatic carbocycles. The van der Waals surface area contributed by atoms with Gasteiger partial charge < -0.3 is 4.79 Å². The zero-order chi connectivity index (χ0) is 9.68. The van der Waals surface area contributed by atoms with Crippen LogP contribution in [0.25, 0.3) is 0 Å². The van der Waals surface area contributed by atoms with Gasteiger partial charge in [-0.1, -0.05) is 38.1 Å². The van der Waals surface area contributed by atoms with E-state index in [4.69, 9.17) is 0 Å². The standard InChI is InChI=1S/C12H16O/c1-3-10-6-5-7-12(8-10)11(4-2)9-13/h5-9,11H,3-4H2,1-2H3. The summed E-state index contributed by atoms with van der Waals surface area (Å²) < 4.78 is 0. The average Bonchev–Trinajstić information content (AvgIpc) is 2.20. The molecule has 0 aromatic heterocycles. The monoisotopic (exact) mass is 176 g/mol. The Balaban J connectivity index is 2.92. The molecule has 0 fully saturated rings. The smallest absolute Gasteiger partial charge is 0.127 e. The third-order valence-corrected chi connectivity index (χ3v) is 2.39. The summed E-state index contributed by atoms with van der Waals surface area (Å²) >= 11 is 0. The van der Waals surface area contributed by atoms with Crippen LogP contribution >= 0.6 is 0 Å². The third-order valence-electron chi connectivity index (χ3n) is 2.39. The van der Waals surface area contributed by atoms with Gasteiger partial charge in [0.2, 0.25) is 0 Å². The molecule has 1 atom stereocenters. The van der Waals surface area contributed by atoms with Gasteiger partial charge >= 0.3 is 0 Å². The van der Waals surface area contributed by atoms with E-state index in [2.05, 4.69) is 19.1 Å². The summed E-state index contributed by atoms with van der Waals surface area (Å²) in [5, 5.41) is 0. The maximum absolute atomic E-state index is 10.7. The van der Waals surface area contributed by atoms with Gasteiger partial charge in [0.25, 0.3) is 0 Å². The fraction of sp³-hybridized carbons (Fsp3) is 0.417. The summed E-state index contributed by atoms with van der Waals surface area (Å²) in [7, 11) is 0. The zero-order valence-corrected chi connectivity index (χ0v) is 8.29. The first-order valence-electron chi connectivity index (χ1n) is 4.86.